The van der Waals surface area contributed by atoms with Gasteiger partial charge in [-0.3, -0.25) is 4.79 Å². The van der Waals surface area contributed by atoms with Gasteiger partial charge < -0.3 is 19.9 Å². The molecule has 1 amide bonds. The van der Waals surface area contributed by atoms with Gasteiger partial charge >= 0.3 is 5.97 Å². The molecule has 0 radical (unpaired) electrons. The predicted octanol–water partition coefficient (Wildman–Crippen LogP) is 3.90. The van der Waals surface area contributed by atoms with Crippen LogP contribution in [-0.4, -0.2) is 30.7 Å². The van der Waals surface area contributed by atoms with Gasteiger partial charge in [0.1, 0.15) is 23.1 Å². The topological polar surface area (TPSA) is 109 Å². The minimum atomic E-state index is -0.645. The number of nitriles is 1. The van der Waals surface area contributed by atoms with E-state index < -0.39 is 11.9 Å². The fraction of sp³-hybridized carbons (Fsp3) is 0.227. The molecule has 0 aliphatic carbocycles. The van der Waals surface area contributed by atoms with Crippen molar-refractivity contribution in [1.29, 1.82) is 5.26 Å². The minimum Gasteiger partial charge on any atom is -0.507 e. The van der Waals surface area contributed by atoms with E-state index in [0.717, 1.165) is 12.8 Å². The van der Waals surface area contributed by atoms with E-state index in [0.29, 0.717) is 23.6 Å². The van der Waals surface area contributed by atoms with E-state index in [2.05, 4.69) is 5.32 Å². The smallest absolute Gasteiger partial charge is 0.338 e. The number of nitrogens with zero attached hydrogens (tertiary/aromatic N) is 1. The normalized spacial score (nSPS) is 10.7. The summed E-state index contributed by atoms with van der Waals surface area (Å²) in [5, 5.41) is 21.8. The lowest BCUT2D eigenvalue weighted by molar-refractivity contribution is -0.112. The molecular weight excluding hydrogens is 372 g/mol. The zero-order valence-corrected chi connectivity index (χ0v) is 16.3. The maximum absolute atomic E-state index is 12.4. The van der Waals surface area contributed by atoms with Crippen LogP contribution >= 0.6 is 0 Å². The van der Waals surface area contributed by atoms with Crippen LogP contribution in [0.25, 0.3) is 6.08 Å². The number of anilines is 1. The minimum absolute atomic E-state index is 0.0858. The fourth-order valence-corrected chi connectivity index (χ4v) is 2.36. The number of hydrogen-bond donors (Lipinski definition) is 2. The Hall–Kier alpha value is -3.79. The number of carbonyl (C=O) groups is 2. The summed E-state index contributed by atoms with van der Waals surface area (Å²) >= 11 is 0. The number of methoxy groups -OCH3 is 1. The van der Waals surface area contributed by atoms with Crippen LogP contribution in [0.3, 0.4) is 0 Å². The van der Waals surface area contributed by atoms with E-state index in [1.165, 1.54) is 37.5 Å². The van der Waals surface area contributed by atoms with Crippen LogP contribution in [0.15, 0.2) is 48.0 Å². The number of aromatic hydroxyl groups is 1. The molecule has 0 fully saturated rings. The lowest BCUT2D eigenvalue weighted by Gasteiger charge is -2.07. The van der Waals surface area contributed by atoms with E-state index in [9.17, 15) is 20.0 Å². The number of unbranched alkanes of at least 4 members (excludes halogenated alkanes) is 1. The van der Waals surface area contributed by atoms with Crippen molar-refractivity contribution < 1.29 is 24.2 Å². The zero-order chi connectivity index (χ0) is 21.2. The van der Waals surface area contributed by atoms with Crippen LogP contribution in [0.1, 0.15) is 35.7 Å². The molecule has 7 nitrogen and oxygen atoms in total. The van der Waals surface area contributed by atoms with Gasteiger partial charge in [-0.1, -0.05) is 13.3 Å². The number of rotatable bonds is 8. The van der Waals surface area contributed by atoms with Crippen LogP contribution in [0.5, 0.6) is 11.5 Å². The number of phenols is 1. The van der Waals surface area contributed by atoms with Gasteiger partial charge in [0.2, 0.25) is 0 Å². The second kappa shape index (κ2) is 10.5. The molecule has 29 heavy (non-hydrogen) atoms. The summed E-state index contributed by atoms with van der Waals surface area (Å²) in [6.45, 7) is 2.37. The second-order valence-electron chi connectivity index (χ2n) is 6.12. The van der Waals surface area contributed by atoms with Gasteiger partial charge in [0.05, 0.1) is 19.3 Å². The maximum atomic E-state index is 12.4. The third kappa shape index (κ3) is 6.11. The largest absolute Gasteiger partial charge is 0.507 e. The first-order chi connectivity index (χ1) is 14.0. The molecule has 0 bridgehead atoms. The number of benzene rings is 2. The van der Waals surface area contributed by atoms with Crippen LogP contribution in [0, 0.1) is 11.3 Å². The van der Waals surface area contributed by atoms with Crippen LogP contribution < -0.4 is 10.1 Å². The molecule has 0 spiro atoms. The molecule has 2 aromatic rings. The van der Waals surface area contributed by atoms with Crippen LogP contribution in [-0.2, 0) is 9.53 Å². The summed E-state index contributed by atoms with van der Waals surface area (Å²) in [7, 11) is 1.47. The Morgan fingerprint density at radius 1 is 1.21 bits per heavy atom. The van der Waals surface area contributed by atoms with Crippen molar-refractivity contribution in [2.45, 2.75) is 19.8 Å². The molecule has 0 aliphatic rings. The fourth-order valence-electron chi connectivity index (χ4n) is 2.36. The van der Waals surface area contributed by atoms with Gasteiger partial charge in [0.25, 0.3) is 5.91 Å². The first-order valence-corrected chi connectivity index (χ1v) is 9.05. The highest BCUT2D eigenvalue weighted by atomic mass is 16.5. The number of nitrogens with one attached hydrogen (secondary N) is 1. The van der Waals surface area contributed by atoms with Crippen molar-refractivity contribution in [1.82, 2.24) is 0 Å². The summed E-state index contributed by atoms with van der Waals surface area (Å²) < 4.78 is 10.2. The van der Waals surface area contributed by atoms with Gasteiger partial charge in [0, 0.05) is 11.3 Å². The Balaban J connectivity index is 2.10. The molecule has 150 valence electrons. The number of amides is 1. The van der Waals surface area contributed by atoms with Gasteiger partial charge in [-0.2, -0.15) is 5.26 Å². The summed E-state index contributed by atoms with van der Waals surface area (Å²) in [5.74, 6) is -0.680. The van der Waals surface area contributed by atoms with E-state index in [1.807, 2.05) is 13.0 Å². The summed E-state index contributed by atoms with van der Waals surface area (Å²) in [6.07, 6.45) is 3.00. The van der Waals surface area contributed by atoms with E-state index in [1.54, 1.807) is 18.2 Å². The lowest BCUT2D eigenvalue weighted by Crippen LogP contribution is -2.13. The number of esters is 1. The lowest BCUT2D eigenvalue weighted by atomic mass is 10.1. The Morgan fingerprint density at radius 2 is 1.93 bits per heavy atom. The van der Waals surface area contributed by atoms with Crippen molar-refractivity contribution >= 4 is 23.6 Å². The molecule has 7 heteroatoms. The van der Waals surface area contributed by atoms with Crippen molar-refractivity contribution in [3.8, 4) is 17.6 Å². The maximum Gasteiger partial charge on any atom is 0.338 e. The first kappa shape index (κ1) is 21.5. The highest BCUT2D eigenvalue weighted by Gasteiger charge is 2.12. The summed E-state index contributed by atoms with van der Waals surface area (Å²) in [5.41, 5.74) is 0.866. The van der Waals surface area contributed by atoms with Crippen molar-refractivity contribution in [2.75, 3.05) is 19.0 Å². The first-order valence-electron chi connectivity index (χ1n) is 9.05. The molecular formula is C22H22N2O5. The monoisotopic (exact) mass is 394 g/mol. The van der Waals surface area contributed by atoms with Gasteiger partial charge in [-0.05, 0) is 55.0 Å². The molecule has 2 rings (SSSR count). The Kier molecular flexibility index (Phi) is 7.80. The molecule has 0 saturated carbocycles. The van der Waals surface area contributed by atoms with Crippen molar-refractivity contribution in [2.24, 2.45) is 0 Å². The van der Waals surface area contributed by atoms with Crippen LogP contribution in [0.2, 0.25) is 0 Å². The Bertz CT molecular complexity index is 943. The second-order valence-corrected chi connectivity index (χ2v) is 6.12. The quantitative estimate of drug-likeness (QED) is 0.304. The van der Waals surface area contributed by atoms with Gasteiger partial charge in [-0.15, -0.1) is 0 Å². The number of ether oxygens (including phenoxy) is 2. The third-order valence-corrected chi connectivity index (χ3v) is 4.01. The molecule has 2 aromatic carbocycles. The van der Waals surface area contributed by atoms with Crippen molar-refractivity contribution in [3.63, 3.8) is 0 Å². The van der Waals surface area contributed by atoms with Crippen LogP contribution in [0.4, 0.5) is 5.69 Å². The van der Waals surface area contributed by atoms with Crippen molar-refractivity contribution in [3.05, 3.63) is 59.2 Å². The molecule has 2 N–H and O–H groups in total. The average molecular weight is 394 g/mol. The molecule has 0 aromatic heterocycles. The standard InChI is InChI=1S/C22H22N2O5/c1-3-4-11-29-22(27)15-5-7-18(8-6-15)24-21(26)17(14-23)12-16-13-19(28-2)9-10-20(16)25/h5-10,12-13,25H,3-4,11H2,1-2H3,(H,24,26). The summed E-state index contributed by atoms with van der Waals surface area (Å²) in [6, 6.07) is 12.5. The molecule has 0 aliphatic heterocycles. The third-order valence-electron chi connectivity index (χ3n) is 4.01. The van der Waals surface area contributed by atoms with Gasteiger partial charge in [0.15, 0.2) is 0 Å². The van der Waals surface area contributed by atoms with E-state index >= 15 is 0 Å². The Morgan fingerprint density at radius 3 is 2.55 bits per heavy atom. The number of carbonyl (C=O) groups excluding carboxylic acids is 2. The predicted molar refractivity (Wildman–Crippen MR) is 109 cm³/mol. The average Bonchev–Trinajstić information content (AvgIpc) is 2.73. The molecule has 0 saturated heterocycles. The molecule has 0 atom stereocenters. The Labute approximate surface area is 169 Å². The molecule has 0 unspecified atom stereocenters. The highest BCUT2D eigenvalue weighted by molar-refractivity contribution is 6.10. The van der Waals surface area contributed by atoms with Gasteiger partial charge in [-0.25, -0.2) is 4.79 Å². The summed E-state index contributed by atoms with van der Waals surface area (Å²) in [4.78, 5) is 24.3. The highest BCUT2D eigenvalue weighted by Crippen LogP contribution is 2.25. The number of hydrogen-bond acceptors (Lipinski definition) is 6. The zero-order valence-electron chi connectivity index (χ0n) is 16.3. The molecule has 0 heterocycles. The van der Waals surface area contributed by atoms with E-state index in [4.69, 9.17) is 9.47 Å². The van der Waals surface area contributed by atoms with E-state index in [-0.39, 0.29) is 16.9 Å². The SMILES string of the molecule is CCCCOC(=O)c1ccc(NC(=O)C(C#N)=Cc2cc(OC)ccc2O)cc1. The number of phenolic OH excluding ortho intramolecular Hbond substituents is 1.